The Kier molecular flexibility index (Phi) is 9.04. The van der Waals surface area contributed by atoms with Gasteiger partial charge >= 0.3 is 10.1 Å². The van der Waals surface area contributed by atoms with Crippen LogP contribution in [-0.4, -0.2) is 81.2 Å². The van der Waals surface area contributed by atoms with Crippen LogP contribution in [-0.2, 0) is 31.4 Å². The fourth-order valence-corrected chi connectivity index (χ4v) is 6.99. The molecule has 0 N–H and O–H groups in total. The number of benzene rings is 2. The van der Waals surface area contributed by atoms with Gasteiger partial charge in [-0.05, 0) is 60.5 Å². The van der Waals surface area contributed by atoms with E-state index in [1.54, 1.807) is 17.0 Å². The first-order valence-electron chi connectivity index (χ1n) is 13.6. The normalized spacial score (nSPS) is 14.8. The van der Waals surface area contributed by atoms with E-state index >= 15 is 0 Å². The molecule has 0 spiro atoms. The molecule has 3 heterocycles. The molecule has 224 valence electrons. The quantitative estimate of drug-likeness (QED) is 0.246. The third-order valence-corrected chi connectivity index (χ3v) is 10.3. The van der Waals surface area contributed by atoms with E-state index in [-0.39, 0.29) is 27.9 Å². The minimum atomic E-state index is -4.09. The van der Waals surface area contributed by atoms with Gasteiger partial charge in [0, 0.05) is 63.7 Å². The van der Waals surface area contributed by atoms with E-state index in [1.165, 1.54) is 68.2 Å². The maximum Gasteiger partial charge on any atom is 0.340 e. The molecule has 1 fully saturated rings. The zero-order chi connectivity index (χ0) is 30.5. The highest BCUT2D eigenvalue weighted by Gasteiger charge is 2.36. The predicted molar refractivity (Wildman–Crippen MR) is 160 cm³/mol. The molecule has 11 nitrogen and oxygen atoms in total. The SMILES string of the molecule is CN(C(Cc1ccc(OS(=O)(=O)c2cccnc2)cc1)C(=O)N1CCN(c2ccccc2)CC1)S(=O)(=O)c1cccnc1. The Morgan fingerprint density at radius 1 is 0.814 bits per heavy atom. The van der Waals surface area contributed by atoms with Gasteiger partial charge in [0.15, 0.2) is 0 Å². The molecule has 1 aliphatic heterocycles. The molecule has 1 saturated heterocycles. The Hall–Kier alpha value is -4.33. The molecule has 0 bridgehead atoms. The summed E-state index contributed by atoms with van der Waals surface area (Å²) >= 11 is 0. The van der Waals surface area contributed by atoms with E-state index < -0.39 is 26.2 Å². The highest BCUT2D eigenvalue weighted by atomic mass is 32.2. The molecule has 13 heteroatoms. The molecule has 0 aliphatic carbocycles. The lowest BCUT2D eigenvalue weighted by Crippen LogP contribution is -2.56. The Labute approximate surface area is 251 Å². The van der Waals surface area contributed by atoms with Crippen molar-refractivity contribution in [1.82, 2.24) is 19.2 Å². The van der Waals surface area contributed by atoms with Crippen LogP contribution in [0.25, 0.3) is 0 Å². The Morgan fingerprint density at radius 3 is 2.00 bits per heavy atom. The average Bonchev–Trinajstić information content (AvgIpc) is 3.05. The third kappa shape index (κ3) is 7.01. The fraction of sp³-hybridized carbons (Fsp3) is 0.233. The summed E-state index contributed by atoms with van der Waals surface area (Å²) in [6.07, 6.45) is 5.44. The zero-order valence-electron chi connectivity index (χ0n) is 23.4. The number of likely N-dealkylation sites (N-methyl/N-ethyl adjacent to an activating group) is 1. The minimum absolute atomic E-state index is 0.0199. The average molecular weight is 622 g/mol. The van der Waals surface area contributed by atoms with Crippen LogP contribution in [0.2, 0.25) is 0 Å². The second-order valence-corrected chi connectivity index (χ2v) is 13.5. The second-order valence-electron chi connectivity index (χ2n) is 9.95. The lowest BCUT2D eigenvalue weighted by atomic mass is 10.0. The number of hydrogen-bond donors (Lipinski definition) is 0. The number of sulfonamides is 1. The first-order valence-corrected chi connectivity index (χ1v) is 16.4. The molecule has 1 atom stereocenters. The van der Waals surface area contributed by atoms with Gasteiger partial charge in [-0.3, -0.25) is 14.8 Å². The van der Waals surface area contributed by atoms with Gasteiger partial charge in [0.2, 0.25) is 15.9 Å². The van der Waals surface area contributed by atoms with Crippen LogP contribution in [0.1, 0.15) is 5.56 Å². The summed E-state index contributed by atoms with van der Waals surface area (Å²) in [6, 6.07) is 20.9. The van der Waals surface area contributed by atoms with Gasteiger partial charge in [0.1, 0.15) is 21.6 Å². The number of para-hydroxylation sites is 1. The van der Waals surface area contributed by atoms with Gasteiger partial charge in [-0.2, -0.15) is 12.7 Å². The van der Waals surface area contributed by atoms with Crippen molar-refractivity contribution in [2.45, 2.75) is 22.3 Å². The number of pyridine rings is 2. The standard InChI is InChI=1S/C30H31N5O6S2/c1-33(42(37,38)27-9-5-15-31-22-27)29(30(36)35-19-17-34(18-20-35)25-7-3-2-4-8-25)21-24-11-13-26(14-12-24)41-43(39,40)28-10-6-16-32-23-28/h2-16,22-23,29H,17-21H2,1H3. The molecule has 2 aromatic carbocycles. The summed E-state index contributed by atoms with van der Waals surface area (Å²) in [4.78, 5) is 25.5. The van der Waals surface area contributed by atoms with Gasteiger partial charge in [0.05, 0.1) is 0 Å². The van der Waals surface area contributed by atoms with Crippen molar-refractivity contribution in [2.24, 2.45) is 0 Å². The van der Waals surface area contributed by atoms with E-state index in [0.29, 0.717) is 31.7 Å². The van der Waals surface area contributed by atoms with Crippen LogP contribution >= 0.6 is 0 Å². The summed E-state index contributed by atoms with van der Waals surface area (Å²) in [5.74, 6) is -0.244. The van der Waals surface area contributed by atoms with Crippen molar-refractivity contribution in [3.05, 3.63) is 109 Å². The van der Waals surface area contributed by atoms with E-state index in [1.807, 2.05) is 30.3 Å². The lowest BCUT2D eigenvalue weighted by Gasteiger charge is -2.39. The van der Waals surface area contributed by atoms with Crippen molar-refractivity contribution in [1.29, 1.82) is 0 Å². The Bertz CT molecular complexity index is 1730. The zero-order valence-corrected chi connectivity index (χ0v) is 25.1. The molecule has 1 unspecified atom stereocenters. The third-order valence-electron chi connectivity index (χ3n) is 7.23. The molecule has 5 rings (SSSR count). The monoisotopic (exact) mass is 621 g/mol. The largest absolute Gasteiger partial charge is 0.379 e. The van der Waals surface area contributed by atoms with Gasteiger partial charge in [-0.1, -0.05) is 30.3 Å². The first-order chi connectivity index (χ1) is 20.6. The molecule has 2 aromatic heterocycles. The van der Waals surface area contributed by atoms with Gasteiger partial charge in [-0.25, -0.2) is 8.42 Å². The van der Waals surface area contributed by atoms with Gasteiger partial charge in [0.25, 0.3) is 0 Å². The number of carbonyl (C=O) groups is 1. The number of aromatic nitrogens is 2. The fourth-order valence-electron chi connectivity index (χ4n) is 4.81. The maximum absolute atomic E-state index is 14.0. The molecular formula is C30H31N5O6S2. The Morgan fingerprint density at radius 2 is 1.42 bits per heavy atom. The van der Waals surface area contributed by atoms with E-state index in [0.717, 1.165) is 9.99 Å². The topological polar surface area (TPSA) is 130 Å². The van der Waals surface area contributed by atoms with E-state index in [2.05, 4.69) is 14.9 Å². The number of amides is 1. The molecule has 1 aliphatic rings. The molecule has 0 radical (unpaired) electrons. The molecule has 4 aromatic rings. The van der Waals surface area contributed by atoms with Crippen LogP contribution in [0.3, 0.4) is 0 Å². The molecule has 1 amide bonds. The summed E-state index contributed by atoms with van der Waals surface area (Å²) in [7, 11) is -6.75. The number of carbonyl (C=O) groups excluding carboxylic acids is 1. The minimum Gasteiger partial charge on any atom is -0.379 e. The van der Waals surface area contributed by atoms with Crippen LogP contribution in [0, 0.1) is 0 Å². The van der Waals surface area contributed by atoms with Crippen LogP contribution in [0.15, 0.2) is 113 Å². The van der Waals surface area contributed by atoms with Crippen molar-refractivity contribution in [3.63, 3.8) is 0 Å². The summed E-state index contributed by atoms with van der Waals surface area (Å²) < 4.78 is 58.6. The van der Waals surface area contributed by atoms with Crippen molar-refractivity contribution < 1.29 is 25.8 Å². The summed E-state index contributed by atoms with van der Waals surface area (Å²) in [6.45, 7) is 2.09. The summed E-state index contributed by atoms with van der Waals surface area (Å²) in [5.41, 5.74) is 1.69. The number of piperazine rings is 1. The van der Waals surface area contributed by atoms with Crippen LogP contribution in [0.5, 0.6) is 5.75 Å². The van der Waals surface area contributed by atoms with Crippen LogP contribution in [0.4, 0.5) is 5.69 Å². The molecule has 0 saturated carbocycles. The predicted octanol–water partition coefficient (Wildman–Crippen LogP) is 2.82. The number of nitrogens with zero attached hydrogens (tertiary/aromatic N) is 5. The maximum atomic E-state index is 14.0. The lowest BCUT2D eigenvalue weighted by molar-refractivity contribution is -0.135. The number of anilines is 1. The van der Waals surface area contributed by atoms with Crippen molar-refractivity contribution in [3.8, 4) is 5.75 Å². The highest BCUT2D eigenvalue weighted by Crippen LogP contribution is 2.24. The van der Waals surface area contributed by atoms with Crippen LogP contribution < -0.4 is 9.08 Å². The van der Waals surface area contributed by atoms with Crippen molar-refractivity contribution >= 4 is 31.7 Å². The van der Waals surface area contributed by atoms with Gasteiger partial charge in [-0.15, -0.1) is 0 Å². The number of hydrogen-bond acceptors (Lipinski definition) is 9. The second kappa shape index (κ2) is 12.9. The highest BCUT2D eigenvalue weighted by molar-refractivity contribution is 7.89. The summed E-state index contributed by atoms with van der Waals surface area (Å²) in [5, 5.41) is 0. The van der Waals surface area contributed by atoms with E-state index in [4.69, 9.17) is 4.18 Å². The first kappa shape index (κ1) is 30.1. The molecule has 43 heavy (non-hydrogen) atoms. The van der Waals surface area contributed by atoms with Crippen molar-refractivity contribution in [2.75, 3.05) is 38.1 Å². The number of rotatable bonds is 10. The smallest absolute Gasteiger partial charge is 0.340 e. The Balaban J connectivity index is 1.36. The van der Waals surface area contributed by atoms with Gasteiger partial charge < -0.3 is 14.0 Å². The van der Waals surface area contributed by atoms with E-state index in [9.17, 15) is 21.6 Å². The molecular weight excluding hydrogens is 590 g/mol.